The molecule has 19 heavy (non-hydrogen) atoms. The lowest BCUT2D eigenvalue weighted by Gasteiger charge is -2.12. The molecule has 0 radical (unpaired) electrons. The van der Waals surface area contributed by atoms with Gasteiger partial charge in [0.25, 0.3) is 0 Å². The minimum Gasteiger partial charge on any atom is -0.322 e. The van der Waals surface area contributed by atoms with Crippen molar-refractivity contribution in [3.63, 3.8) is 0 Å². The number of sulfone groups is 1. The first-order valence-corrected chi connectivity index (χ1v) is 8.54. The Morgan fingerprint density at radius 1 is 1.53 bits per heavy atom. The maximum Gasteiger partial charge on any atom is 0.242 e. The molecule has 0 aliphatic carbocycles. The van der Waals surface area contributed by atoms with Gasteiger partial charge in [-0.15, -0.1) is 11.8 Å². The molecule has 2 rings (SSSR count). The highest BCUT2D eigenvalue weighted by atomic mass is 32.2. The molecule has 1 aliphatic rings. The first kappa shape index (κ1) is 14.3. The summed E-state index contributed by atoms with van der Waals surface area (Å²) in [6.07, 6.45) is 1.03. The zero-order chi connectivity index (χ0) is 14.0. The quantitative estimate of drug-likeness (QED) is 0.809. The largest absolute Gasteiger partial charge is 0.322 e. The van der Waals surface area contributed by atoms with Gasteiger partial charge in [-0.1, -0.05) is 0 Å². The predicted molar refractivity (Wildman–Crippen MR) is 72.4 cm³/mol. The van der Waals surface area contributed by atoms with Crippen molar-refractivity contribution in [1.82, 2.24) is 5.32 Å². The summed E-state index contributed by atoms with van der Waals surface area (Å²) in [5.74, 6) is 0.254. The second-order valence-electron chi connectivity index (χ2n) is 4.17. The molecule has 0 spiro atoms. The van der Waals surface area contributed by atoms with E-state index >= 15 is 0 Å². The highest BCUT2D eigenvalue weighted by molar-refractivity contribution is 7.99. The SMILES string of the molecule is CS(=O)(=O)c1ccc(F)c(NC(=O)C2CSCN2)c1. The number of nitrogens with one attached hydrogen (secondary N) is 2. The van der Waals surface area contributed by atoms with Crippen LogP contribution in [0.15, 0.2) is 23.1 Å². The fourth-order valence-electron chi connectivity index (χ4n) is 1.61. The van der Waals surface area contributed by atoms with Crippen LogP contribution in [0.1, 0.15) is 0 Å². The second kappa shape index (κ2) is 5.48. The number of benzene rings is 1. The molecule has 0 aromatic heterocycles. The number of carbonyl (C=O) groups excluding carboxylic acids is 1. The summed E-state index contributed by atoms with van der Waals surface area (Å²) in [5, 5.41) is 5.36. The van der Waals surface area contributed by atoms with Crippen molar-refractivity contribution in [3.8, 4) is 0 Å². The molecule has 0 bridgehead atoms. The summed E-state index contributed by atoms with van der Waals surface area (Å²) in [5.41, 5.74) is -0.119. The predicted octanol–water partition coefficient (Wildman–Crippen LogP) is 0.830. The van der Waals surface area contributed by atoms with Gasteiger partial charge in [-0.05, 0) is 18.2 Å². The van der Waals surface area contributed by atoms with Crippen molar-refractivity contribution in [1.29, 1.82) is 0 Å². The lowest BCUT2D eigenvalue weighted by atomic mass is 10.2. The number of thioether (sulfide) groups is 1. The van der Waals surface area contributed by atoms with Crippen LogP contribution in [0.2, 0.25) is 0 Å². The molecule has 1 atom stereocenters. The van der Waals surface area contributed by atoms with Crippen molar-refractivity contribution < 1.29 is 17.6 Å². The molecule has 1 unspecified atom stereocenters. The van der Waals surface area contributed by atoms with Gasteiger partial charge in [-0.3, -0.25) is 10.1 Å². The van der Waals surface area contributed by atoms with E-state index in [9.17, 15) is 17.6 Å². The van der Waals surface area contributed by atoms with E-state index in [1.54, 1.807) is 11.8 Å². The van der Waals surface area contributed by atoms with Crippen molar-refractivity contribution in [2.75, 3.05) is 23.2 Å². The number of hydrogen-bond donors (Lipinski definition) is 2. The van der Waals surface area contributed by atoms with Gasteiger partial charge in [0.15, 0.2) is 9.84 Å². The topological polar surface area (TPSA) is 75.3 Å². The van der Waals surface area contributed by atoms with Gasteiger partial charge < -0.3 is 5.32 Å². The van der Waals surface area contributed by atoms with Crippen LogP contribution in [-0.2, 0) is 14.6 Å². The van der Waals surface area contributed by atoms with Gasteiger partial charge in [0.1, 0.15) is 5.82 Å². The highest BCUT2D eigenvalue weighted by Gasteiger charge is 2.23. The normalized spacial score (nSPS) is 19.4. The first-order chi connectivity index (χ1) is 8.88. The van der Waals surface area contributed by atoms with E-state index in [1.165, 1.54) is 6.07 Å². The van der Waals surface area contributed by atoms with E-state index in [0.717, 1.165) is 18.4 Å². The van der Waals surface area contributed by atoms with E-state index in [0.29, 0.717) is 11.6 Å². The van der Waals surface area contributed by atoms with Gasteiger partial charge in [0.05, 0.1) is 16.6 Å². The van der Waals surface area contributed by atoms with E-state index in [1.807, 2.05) is 0 Å². The molecule has 1 heterocycles. The zero-order valence-electron chi connectivity index (χ0n) is 10.1. The third-order valence-corrected chi connectivity index (χ3v) is 4.71. The van der Waals surface area contributed by atoms with Crippen LogP contribution >= 0.6 is 11.8 Å². The minimum atomic E-state index is -3.43. The molecule has 1 aliphatic heterocycles. The molecule has 1 saturated heterocycles. The molecular formula is C11H13FN2O3S2. The summed E-state index contributed by atoms with van der Waals surface area (Å²) in [7, 11) is -3.43. The lowest BCUT2D eigenvalue weighted by molar-refractivity contribution is -0.117. The minimum absolute atomic E-state index is 0.0297. The maximum absolute atomic E-state index is 13.6. The summed E-state index contributed by atoms with van der Waals surface area (Å²) in [6, 6.07) is 2.95. The van der Waals surface area contributed by atoms with Crippen LogP contribution in [-0.4, -0.2) is 38.3 Å². The fraction of sp³-hybridized carbons (Fsp3) is 0.364. The number of anilines is 1. The average Bonchev–Trinajstić information content (AvgIpc) is 2.84. The van der Waals surface area contributed by atoms with Gasteiger partial charge in [0.2, 0.25) is 5.91 Å². The summed E-state index contributed by atoms with van der Waals surface area (Å²) >= 11 is 1.57. The maximum atomic E-state index is 13.6. The van der Waals surface area contributed by atoms with E-state index in [2.05, 4.69) is 10.6 Å². The van der Waals surface area contributed by atoms with E-state index in [-0.39, 0.29) is 22.5 Å². The Hall–Kier alpha value is -1.12. The van der Waals surface area contributed by atoms with Crippen LogP contribution in [0.3, 0.4) is 0 Å². The molecule has 1 aromatic rings. The standard InChI is InChI=1S/C11H13FN2O3S2/c1-19(16,17)7-2-3-8(12)9(4-7)14-11(15)10-5-18-6-13-10/h2-4,10,13H,5-6H2,1H3,(H,14,15). The summed E-state index contributed by atoms with van der Waals surface area (Å²) in [6.45, 7) is 0. The molecule has 1 fully saturated rings. The monoisotopic (exact) mass is 304 g/mol. The molecule has 1 amide bonds. The highest BCUT2D eigenvalue weighted by Crippen LogP contribution is 2.20. The molecule has 8 heteroatoms. The Labute approximate surface area is 114 Å². The molecular weight excluding hydrogens is 291 g/mol. The van der Waals surface area contributed by atoms with Crippen LogP contribution in [0.25, 0.3) is 0 Å². The third kappa shape index (κ3) is 3.46. The number of hydrogen-bond acceptors (Lipinski definition) is 5. The van der Waals surface area contributed by atoms with Crippen molar-refractivity contribution in [3.05, 3.63) is 24.0 Å². The Kier molecular flexibility index (Phi) is 4.12. The van der Waals surface area contributed by atoms with Gasteiger partial charge >= 0.3 is 0 Å². The lowest BCUT2D eigenvalue weighted by Crippen LogP contribution is -2.37. The molecule has 0 saturated carbocycles. The number of carbonyl (C=O) groups is 1. The Bertz CT molecular complexity index is 598. The van der Waals surface area contributed by atoms with Gasteiger partial charge in [0, 0.05) is 17.9 Å². The summed E-state index contributed by atoms with van der Waals surface area (Å²) < 4.78 is 36.3. The smallest absolute Gasteiger partial charge is 0.242 e. The molecule has 1 aromatic carbocycles. The van der Waals surface area contributed by atoms with Crippen LogP contribution in [0, 0.1) is 5.82 Å². The Morgan fingerprint density at radius 3 is 2.84 bits per heavy atom. The zero-order valence-corrected chi connectivity index (χ0v) is 11.8. The molecule has 104 valence electrons. The van der Waals surface area contributed by atoms with E-state index in [4.69, 9.17) is 0 Å². The third-order valence-electron chi connectivity index (χ3n) is 2.66. The van der Waals surface area contributed by atoms with Crippen LogP contribution < -0.4 is 10.6 Å². The van der Waals surface area contributed by atoms with Crippen molar-refractivity contribution in [2.45, 2.75) is 10.9 Å². The molecule has 2 N–H and O–H groups in total. The van der Waals surface area contributed by atoms with Crippen LogP contribution in [0.5, 0.6) is 0 Å². The Morgan fingerprint density at radius 2 is 2.26 bits per heavy atom. The average molecular weight is 304 g/mol. The van der Waals surface area contributed by atoms with Gasteiger partial charge in [-0.2, -0.15) is 0 Å². The van der Waals surface area contributed by atoms with E-state index < -0.39 is 15.7 Å². The van der Waals surface area contributed by atoms with Crippen molar-refractivity contribution >= 4 is 33.2 Å². The number of halogens is 1. The number of amides is 1. The second-order valence-corrected chi connectivity index (χ2v) is 7.22. The van der Waals surface area contributed by atoms with Gasteiger partial charge in [-0.25, -0.2) is 12.8 Å². The van der Waals surface area contributed by atoms with Crippen LogP contribution in [0.4, 0.5) is 10.1 Å². The number of rotatable bonds is 3. The summed E-state index contributed by atoms with van der Waals surface area (Å²) in [4.78, 5) is 11.8. The Balaban J connectivity index is 2.22. The van der Waals surface area contributed by atoms with Crippen molar-refractivity contribution in [2.24, 2.45) is 0 Å². The molecule has 5 nitrogen and oxygen atoms in total. The first-order valence-electron chi connectivity index (χ1n) is 5.49. The fourth-order valence-corrected chi connectivity index (χ4v) is 3.20.